The zero-order chi connectivity index (χ0) is 15.0. The summed E-state index contributed by atoms with van der Waals surface area (Å²) in [6.07, 6.45) is 1.70. The lowest BCUT2D eigenvalue weighted by Crippen LogP contribution is -2.03. The highest BCUT2D eigenvalue weighted by Crippen LogP contribution is 2.28. The van der Waals surface area contributed by atoms with E-state index in [0.717, 1.165) is 16.9 Å². The molecule has 0 amide bonds. The number of pyridine rings is 1. The van der Waals surface area contributed by atoms with Gasteiger partial charge < -0.3 is 9.84 Å². The van der Waals surface area contributed by atoms with Crippen LogP contribution in [0.15, 0.2) is 42.6 Å². The van der Waals surface area contributed by atoms with Crippen LogP contribution in [0.1, 0.15) is 16.1 Å². The Morgan fingerprint density at radius 1 is 1.29 bits per heavy atom. The molecule has 3 aromatic rings. The van der Waals surface area contributed by atoms with E-state index in [9.17, 15) is 9.90 Å². The van der Waals surface area contributed by atoms with Crippen molar-refractivity contribution < 1.29 is 14.6 Å². The van der Waals surface area contributed by atoms with E-state index in [2.05, 4.69) is 4.98 Å². The molecule has 0 unspecified atom stereocenters. The Balaban J connectivity index is 2.27. The molecule has 2 aromatic heterocycles. The lowest BCUT2D eigenvalue weighted by atomic mass is 10.1. The average Bonchev–Trinajstić information content (AvgIpc) is 2.86. The molecule has 0 fully saturated rings. The molecule has 0 bridgehead atoms. The second-order valence-corrected chi connectivity index (χ2v) is 4.73. The van der Waals surface area contributed by atoms with Crippen LogP contribution in [0.5, 0.6) is 5.75 Å². The van der Waals surface area contributed by atoms with E-state index in [1.807, 2.05) is 31.2 Å². The second kappa shape index (κ2) is 4.94. The second-order valence-electron chi connectivity index (χ2n) is 4.73. The van der Waals surface area contributed by atoms with Crippen LogP contribution >= 0.6 is 0 Å². The third kappa shape index (κ3) is 2.12. The Hall–Kier alpha value is -2.82. The molecule has 0 aliphatic carbocycles. The van der Waals surface area contributed by atoms with Gasteiger partial charge >= 0.3 is 5.97 Å². The van der Waals surface area contributed by atoms with Gasteiger partial charge in [-0.3, -0.25) is 4.40 Å². The first-order valence-electron chi connectivity index (χ1n) is 6.47. The fourth-order valence-electron chi connectivity index (χ4n) is 2.43. The standard InChI is InChI=1S/C16H14N2O3/c1-10-9-11(6-7-12(10)21-2)14-15(16(19)20)18-8-4-3-5-13(18)17-14/h3-9H,1-2H3,(H,19,20). The number of imidazole rings is 1. The van der Waals surface area contributed by atoms with Crippen LogP contribution in [0.2, 0.25) is 0 Å². The maximum atomic E-state index is 11.6. The van der Waals surface area contributed by atoms with Crippen LogP contribution in [-0.4, -0.2) is 27.6 Å². The zero-order valence-corrected chi connectivity index (χ0v) is 11.7. The van der Waals surface area contributed by atoms with Crippen molar-refractivity contribution in [2.24, 2.45) is 0 Å². The number of ether oxygens (including phenoxy) is 1. The molecular weight excluding hydrogens is 268 g/mol. The zero-order valence-electron chi connectivity index (χ0n) is 11.7. The van der Waals surface area contributed by atoms with Gasteiger partial charge in [0.1, 0.15) is 17.1 Å². The van der Waals surface area contributed by atoms with Gasteiger partial charge in [0.25, 0.3) is 0 Å². The lowest BCUT2D eigenvalue weighted by molar-refractivity contribution is 0.0690. The predicted octanol–water partition coefficient (Wildman–Crippen LogP) is 3.02. The lowest BCUT2D eigenvalue weighted by Gasteiger charge is -2.06. The van der Waals surface area contributed by atoms with Crippen molar-refractivity contribution in [1.29, 1.82) is 0 Å². The van der Waals surface area contributed by atoms with E-state index in [-0.39, 0.29) is 5.69 Å². The van der Waals surface area contributed by atoms with Gasteiger partial charge in [0.05, 0.1) is 7.11 Å². The number of aryl methyl sites for hydroxylation is 1. The quantitative estimate of drug-likeness (QED) is 0.802. The Morgan fingerprint density at radius 2 is 2.10 bits per heavy atom. The van der Waals surface area contributed by atoms with Crippen molar-refractivity contribution >= 4 is 11.6 Å². The molecule has 1 N–H and O–H groups in total. The van der Waals surface area contributed by atoms with E-state index in [1.165, 1.54) is 0 Å². The fraction of sp³-hybridized carbons (Fsp3) is 0.125. The normalized spacial score (nSPS) is 10.8. The molecule has 3 rings (SSSR count). The third-order valence-corrected chi connectivity index (χ3v) is 3.40. The summed E-state index contributed by atoms with van der Waals surface area (Å²) in [5.41, 5.74) is 2.92. The van der Waals surface area contributed by atoms with Gasteiger partial charge in [-0.15, -0.1) is 0 Å². The van der Waals surface area contributed by atoms with Gasteiger partial charge in [0.2, 0.25) is 0 Å². The molecule has 0 saturated heterocycles. The van der Waals surface area contributed by atoms with Crippen molar-refractivity contribution in [3.63, 3.8) is 0 Å². The van der Waals surface area contributed by atoms with Gasteiger partial charge in [-0.1, -0.05) is 6.07 Å². The summed E-state index contributed by atoms with van der Waals surface area (Å²) in [5, 5.41) is 9.50. The Labute approximate surface area is 121 Å². The Kier molecular flexibility index (Phi) is 3.10. The van der Waals surface area contributed by atoms with E-state index >= 15 is 0 Å². The Bertz CT molecular complexity index is 837. The first kappa shape index (κ1) is 13.2. The highest BCUT2D eigenvalue weighted by atomic mass is 16.5. The molecule has 0 aliphatic heterocycles. The molecule has 0 atom stereocenters. The van der Waals surface area contributed by atoms with Crippen LogP contribution in [0.25, 0.3) is 16.9 Å². The summed E-state index contributed by atoms with van der Waals surface area (Å²) in [7, 11) is 1.61. The summed E-state index contributed by atoms with van der Waals surface area (Å²) >= 11 is 0. The molecule has 2 heterocycles. The smallest absolute Gasteiger partial charge is 0.355 e. The number of methoxy groups -OCH3 is 1. The van der Waals surface area contributed by atoms with Crippen LogP contribution in [0.3, 0.4) is 0 Å². The number of fused-ring (bicyclic) bond motifs is 1. The summed E-state index contributed by atoms with van der Waals surface area (Å²) in [5.74, 6) is -0.239. The molecule has 5 heteroatoms. The van der Waals surface area contributed by atoms with Crippen LogP contribution in [-0.2, 0) is 0 Å². The van der Waals surface area contributed by atoms with Gasteiger partial charge in [-0.2, -0.15) is 0 Å². The van der Waals surface area contributed by atoms with Crippen LogP contribution in [0.4, 0.5) is 0 Å². The molecular formula is C16H14N2O3. The first-order chi connectivity index (χ1) is 10.1. The summed E-state index contributed by atoms with van der Waals surface area (Å²) in [6, 6.07) is 10.9. The van der Waals surface area contributed by atoms with E-state index in [1.54, 1.807) is 29.8 Å². The minimum Gasteiger partial charge on any atom is -0.496 e. The number of carbonyl (C=O) groups is 1. The SMILES string of the molecule is COc1ccc(-c2nc3ccccn3c2C(=O)O)cc1C. The maximum Gasteiger partial charge on any atom is 0.355 e. The van der Waals surface area contributed by atoms with E-state index in [4.69, 9.17) is 4.74 Å². The number of aromatic carboxylic acids is 1. The minimum atomic E-state index is -1.00. The molecule has 0 saturated carbocycles. The number of carboxylic acids is 1. The van der Waals surface area contributed by atoms with Gasteiger partial charge in [0, 0.05) is 11.8 Å². The molecule has 0 radical (unpaired) electrons. The number of hydrogen-bond donors (Lipinski definition) is 1. The van der Waals surface area contributed by atoms with Crippen molar-refractivity contribution in [1.82, 2.24) is 9.38 Å². The monoisotopic (exact) mass is 282 g/mol. The topological polar surface area (TPSA) is 63.8 Å². The summed E-state index contributed by atoms with van der Waals surface area (Å²) in [6.45, 7) is 1.92. The number of hydrogen-bond acceptors (Lipinski definition) is 3. The average molecular weight is 282 g/mol. The minimum absolute atomic E-state index is 0.162. The largest absolute Gasteiger partial charge is 0.496 e. The number of nitrogens with zero attached hydrogens (tertiary/aromatic N) is 2. The summed E-state index contributed by atoms with van der Waals surface area (Å²) < 4.78 is 6.81. The van der Waals surface area contributed by atoms with Crippen LogP contribution < -0.4 is 4.74 Å². The number of carboxylic acid groups (broad SMARTS) is 1. The molecule has 0 aliphatic rings. The van der Waals surface area contributed by atoms with E-state index < -0.39 is 5.97 Å². The number of benzene rings is 1. The van der Waals surface area contributed by atoms with Crippen molar-refractivity contribution in [2.45, 2.75) is 6.92 Å². The molecule has 0 spiro atoms. The van der Waals surface area contributed by atoms with Crippen molar-refractivity contribution in [3.8, 4) is 17.0 Å². The highest BCUT2D eigenvalue weighted by molar-refractivity contribution is 5.94. The summed E-state index contributed by atoms with van der Waals surface area (Å²) in [4.78, 5) is 16.0. The van der Waals surface area contributed by atoms with E-state index in [0.29, 0.717) is 11.3 Å². The number of rotatable bonds is 3. The fourth-order valence-corrected chi connectivity index (χ4v) is 2.43. The third-order valence-electron chi connectivity index (χ3n) is 3.40. The van der Waals surface area contributed by atoms with Gasteiger partial charge in [-0.05, 0) is 42.8 Å². The highest BCUT2D eigenvalue weighted by Gasteiger charge is 2.20. The Morgan fingerprint density at radius 3 is 2.76 bits per heavy atom. The van der Waals surface area contributed by atoms with Gasteiger partial charge in [-0.25, -0.2) is 9.78 Å². The van der Waals surface area contributed by atoms with Crippen LogP contribution in [0, 0.1) is 6.92 Å². The molecule has 1 aromatic carbocycles. The molecule has 21 heavy (non-hydrogen) atoms. The van der Waals surface area contributed by atoms with Gasteiger partial charge in [0.15, 0.2) is 5.69 Å². The molecule has 106 valence electrons. The van der Waals surface area contributed by atoms with Crippen molar-refractivity contribution in [2.75, 3.05) is 7.11 Å². The molecule has 5 nitrogen and oxygen atoms in total. The number of aromatic nitrogens is 2. The first-order valence-corrected chi connectivity index (χ1v) is 6.47. The predicted molar refractivity (Wildman–Crippen MR) is 78.9 cm³/mol. The van der Waals surface area contributed by atoms with Crippen molar-refractivity contribution in [3.05, 3.63) is 53.9 Å². The maximum absolute atomic E-state index is 11.6.